The Kier molecular flexibility index (Phi) is 5.67. The van der Waals surface area contributed by atoms with Crippen LogP contribution in [0.2, 0.25) is 5.02 Å². The minimum Gasteiger partial charge on any atom is -0.324 e. The molecule has 2 aromatic rings. The summed E-state index contributed by atoms with van der Waals surface area (Å²) in [5.41, 5.74) is 2.56. The number of fused-ring (bicyclic) bond motifs is 1. The van der Waals surface area contributed by atoms with E-state index in [1.54, 1.807) is 11.0 Å². The number of halogens is 1. The molecule has 0 aromatic heterocycles. The van der Waals surface area contributed by atoms with Crippen molar-refractivity contribution in [3.63, 3.8) is 0 Å². The van der Waals surface area contributed by atoms with Gasteiger partial charge in [-0.2, -0.15) is 0 Å². The second-order valence-corrected chi connectivity index (χ2v) is 8.24. The van der Waals surface area contributed by atoms with Gasteiger partial charge in [-0.1, -0.05) is 67.6 Å². The molecule has 0 spiro atoms. The molecule has 0 bridgehead atoms. The van der Waals surface area contributed by atoms with Crippen molar-refractivity contribution in [1.82, 2.24) is 4.90 Å². The average Bonchev–Trinajstić information content (AvgIpc) is 3.17. The quantitative estimate of drug-likeness (QED) is 0.773. The van der Waals surface area contributed by atoms with Gasteiger partial charge in [0.05, 0.1) is 6.04 Å². The van der Waals surface area contributed by atoms with Gasteiger partial charge in [0.2, 0.25) is 11.8 Å². The molecule has 1 aliphatic carbocycles. The lowest BCUT2D eigenvalue weighted by Crippen LogP contribution is -2.39. The lowest BCUT2D eigenvalue weighted by atomic mass is 9.95. The molecule has 1 N–H and O–H groups in total. The van der Waals surface area contributed by atoms with Crippen molar-refractivity contribution in [3.05, 3.63) is 64.7 Å². The summed E-state index contributed by atoms with van der Waals surface area (Å²) < 4.78 is 0. The van der Waals surface area contributed by atoms with Gasteiger partial charge in [0.1, 0.15) is 6.54 Å². The number of hydrogen-bond acceptors (Lipinski definition) is 2. The van der Waals surface area contributed by atoms with Crippen LogP contribution < -0.4 is 5.32 Å². The number of amides is 2. The Labute approximate surface area is 170 Å². The SMILES string of the molecule is O=C1CN(C(=O)CCC2CCCC2)[C@@H](c2ccccc2)c2cc(Cl)ccc2N1. The molecule has 2 aliphatic rings. The third kappa shape index (κ3) is 4.07. The number of hydrogen-bond donors (Lipinski definition) is 1. The second-order valence-electron chi connectivity index (χ2n) is 7.80. The molecule has 2 amide bonds. The summed E-state index contributed by atoms with van der Waals surface area (Å²) in [6.45, 7) is 0.0510. The summed E-state index contributed by atoms with van der Waals surface area (Å²) in [7, 11) is 0. The lowest BCUT2D eigenvalue weighted by Gasteiger charge is -2.31. The smallest absolute Gasteiger partial charge is 0.244 e. The molecular formula is C23H25ClN2O2. The zero-order chi connectivity index (χ0) is 19.5. The number of nitrogens with zero attached hydrogens (tertiary/aromatic N) is 1. The van der Waals surface area contributed by atoms with E-state index in [0.29, 0.717) is 23.0 Å². The molecule has 0 radical (unpaired) electrons. The second kappa shape index (κ2) is 8.36. The van der Waals surface area contributed by atoms with Crippen LogP contribution in [0.4, 0.5) is 5.69 Å². The van der Waals surface area contributed by atoms with Crippen molar-refractivity contribution in [3.8, 4) is 0 Å². The van der Waals surface area contributed by atoms with Crippen molar-refractivity contribution < 1.29 is 9.59 Å². The minimum absolute atomic E-state index is 0.0312. The van der Waals surface area contributed by atoms with E-state index in [9.17, 15) is 9.59 Å². The van der Waals surface area contributed by atoms with Crippen LogP contribution in [0.3, 0.4) is 0 Å². The van der Waals surface area contributed by atoms with Gasteiger partial charge in [-0.15, -0.1) is 0 Å². The average molecular weight is 397 g/mol. The molecule has 4 nitrogen and oxygen atoms in total. The highest BCUT2D eigenvalue weighted by Crippen LogP contribution is 2.38. The molecule has 1 saturated carbocycles. The van der Waals surface area contributed by atoms with Crippen molar-refractivity contribution in [2.75, 3.05) is 11.9 Å². The van der Waals surface area contributed by atoms with Gasteiger partial charge in [-0.25, -0.2) is 0 Å². The molecular weight excluding hydrogens is 372 g/mol. The summed E-state index contributed by atoms with van der Waals surface area (Å²) in [6.07, 6.45) is 6.35. The summed E-state index contributed by atoms with van der Waals surface area (Å²) in [5.74, 6) is 0.501. The van der Waals surface area contributed by atoms with E-state index in [-0.39, 0.29) is 24.4 Å². The molecule has 0 saturated heterocycles. The third-order valence-electron chi connectivity index (χ3n) is 5.88. The standard InChI is InChI=1S/C23H25ClN2O2/c24-18-11-12-20-19(14-18)23(17-8-2-1-3-9-17)26(15-21(27)25-20)22(28)13-10-16-6-4-5-7-16/h1-3,8-9,11-12,14,16,23H,4-7,10,13,15H2,(H,25,27)/t23-/m0/s1. The zero-order valence-electron chi connectivity index (χ0n) is 15.9. The summed E-state index contributed by atoms with van der Waals surface area (Å²) in [5, 5.41) is 3.53. The first kappa shape index (κ1) is 19.0. The maximum Gasteiger partial charge on any atom is 0.244 e. The Hall–Kier alpha value is -2.33. The highest BCUT2D eigenvalue weighted by atomic mass is 35.5. The van der Waals surface area contributed by atoms with Gasteiger partial charge >= 0.3 is 0 Å². The Morgan fingerprint density at radius 3 is 2.61 bits per heavy atom. The molecule has 5 heteroatoms. The van der Waals surface area contributed by atoms with Gasteiger partial charge in [0.25, 0.3) is 0 Å². The van der Waals surface area contributed by atoms with Crippen LogP contribution in [0.25, 0.3) is 0 Å². The molecule has 1 aliphatic heterocycles. The number of carbonyl (C=O) groups is 2. The number of nitrogens with one attached hydrogen (secondary N) is 1. The van der Waals surface area contributed by atoms with Crippen LogP contribution in [0.5, 0.6) is 0 Å². The number of rotatable bonds is 4. The molecule has 0 unspecified atom stereocenters. The normalized spacial score (nSPS) is 19.8. The largest absolute Gasteiger partial charge is 0.324 e. The van der Waals surface area contributed by atoms with E-state index in [1.807, 2.05) is 42.5 Å². The van der Waals surface area contributed by atoms with E-state index in [2.05, 4.69) is 5.32 Å². The zero-order valence-corrected chi connectivity index (χ0v) is 16.6. The van der Waals surface area contributed by atoms with Crippen LogP contribution in [0.15, 0.2) is 48.5 Å². The Bertz CT molecular complexity index is 862. The lowest BCUT2D eigenvalue weighted by molar-refractivity contribution is -0.136. The van der Waals surface area contributed by atoms with Gasteiger partial charge < -0.3 is 10.2 Å². The maximum absolute atomic E-state index is 13.2. The predicted octanol–water partition coefficient (Wildman–Crippen LogP) is 5.18. The van der Waals surface area contributed by atoms with E-state index >= 15 is 0 Å². The van der Waals surface area contributed by atoms with Crippen molar-refractivity contribution in [2.45, 2.75) is 44.6 Å². The van der Waals surface area contributed by atoms with Gasteiger partial charge in [0, 0.05) is 22.7 Å². The maximum atomic E-state index is 13.2. The van der Waals surface area contributed by atoms with Crippen LogP contribution in [0, 0.1) is 5.92 Å². The van der Waals surface area contributed by atoms with E-state index in [1.165, 1.54) is 25.7 Å². The summed E-state index contributed by atoms with van der Waals surface area (Å²) in [4.78, 5) is 27.5. The van der Waals surface area contributed by atoms with Crippen LogP contribution in [-0.2, 0) is 9.59 Å². The fraction of sp³-hybridized carbons (Fsp3) is 0.391. The molecule has 146 valence electrons. The topological polar surface area (TPSA) is 49.4 Å². The summed E-state index contributed by atoms with van der Waals surface area (Å²) in [6, 6.07) is 15.0. The molecule has 1 heterocycles. The molecule has 28 heavy (non-hydrogen) atoms. The molecule has 1 fully saturated rings. The van der Waals surface area contributed by atoms with Crippen LogP contribution in [0.1, 0.15) is 55.7 Å². The fourth-order valence-electron chi connectivity index (χ4n) is 4.47. The minimum atomic E-state index is -0.329. The number of carbonyl (C=O) groups excluding carboxylic acids is 2. The van der Waals surface area contributed by atoms with E-state index in [4.69, 9.17) is 11.6 Å². The van der Waals surface area contributed by atoms with Crippen molar-refractivity contribution >= 4 is 29.1 Å². The first-order valence-corrected chi connectivity index (χ1v) is 10.4. The predicted molar refractivity (Wildman–Crippen MR) is 111 cm³/mol. The fourth-order valence-corrected chi connectivity index (χ4v) is 4.66. The first-order chi connectivity index (χ1) is 13.6. The van der Waals surface area contributed by atoms with Gasteiger partial charge in [-0.3, -0.25) is 9.59 Å². The first-order valence-electron chi connectivity index (χ1n) is 10.1. The Morgan fingerprint density at radius 2 is 1.86 bits per heavy atom. The summed E-state index contributed by atoms with van der Waals surface area (Å²) >= 11 is 6.28. The van der Waals surface area contributed by atoms with Gasteiger partial charge in [0.15, 0.2) is 0 Å². The molecule has 2 aromatic carbocycles. The van der Waals surface area contributed by atoms with E-state index in [0.717, 1.165) is 17.5 Å². The Balaban J connectivity index is 1.69. The van der Waals surface area contributed by atoms with Gasteiger partial charge in [-0.05, 0) is 36.1 Å². The molecule has 4 rings (SSSR count). The number of anilines is 1. The monoisotopic (exact) mass is 396 g/mol. The highest BCUT2D eigenvalue weighted by Gasteiger charge is 2.33. The van der Waals surface area contributed by atoms with E-state index < -0.39 is 0 Å². The van der Waals surface area contributed by atoms with Crippen LogP contribution in [-0.4, -0.2) is 23.3 Å². The van der Waals surface area contributed by atoms with Crippen LogP contribution >= 0.6 is 11.6 Å². The Morgan fingerprint density at radius 1 is 1.11 bits per heavy atom. The highest BCUT2D eigenvalue weighted by molar-refractivity contribution is 6.30. The molecule has 1 atom stereocenters. The third-order valence-corrected chi connectivity index (χ3v) is 6.12. The van der Waals surface area contributed by atoms with Crippen molar-refractivity contribution in [2.24, 2.45) is 5.92 Å². The van der Waals surface area contributed by atoms with Crippen molar-refractivity contribution in [1.29, 1.82) is 0 Å². The number of benzene rings is 2.